The molecule has 1 aliphatic heterocycles. The fourth-order valence-corrected chi connectivity index (χ4v) is 1.45. The van der Waals surface area contributed by atoms with Gasteiger partial charge in [0.15, 0.2) is 0 Å². The van der Waals surface area contributed by atoms with E-state index in [2.05, 4.69) is 4.74 Å². The molecule has 0 aliphatic carbocycles. The Hall–Kier alpha value is -1.84. The maximum absolute atomic E-state index is 11.5. The van der Waals surface area contributed by atoms with E-state index < -0.39 is 12.1 Å². The van der Waals surface area contributed by atoms with E-state index in [0.29, 0.717) is 0 Å². The number of benzene rings is 1. The van der Waals surface area contributed by atoms with Crippen molar-refractivity contribution in [1.82, 2.24) is 0 Å². The SMILES string of the molecule is C[C@@H]1C(=O)OC1C(=O)OCc1ccccc1. The summed E-state index contributed by atoms with van der Waals surface area (Å²) >= 11 is 0. The number of carbonyl (C=O) groups excluding carboxylic acids is 2. The molecule has 0 spiro atoms. The van der Waals surface area contributed by atoms with Crippen LogP contribution in [0, 0.1) is 5.92 Å². The third-order valence-electron chi connectivity index (χ3n) is 2.53. The monoisotopic (exact) mass is 220 g/mol. The summed E-state index contributed by atoms with van der Waals surface area (Å²) in [6, 6.07) is 9.36. The molecule has 2 atom stereocenters. The molecule has 2 rings (SSSR count). The summed E-state index contributed by atoms with van der Waals surface area (Å²) in [4.78, 5) is 22.2. The number of hydrogen-bond acceptors (Lipinski definition) is 4. The minimum absolute atomic E-state index is 0.209. The van der Waals surface area contributed by atoms with Gasteiger partial charge in [-0.25, -0.2) is 4.79 Å². The molecule has 1 aliphatic rings. The van der Waals surface area contributed by atoms with Gasteiger partial charge in [0.1, 0.15) is 12.5 Å². The number of rotatable bonds is 3. The number of carbonyl (C=O) groups is 2. The maximum atomic E-state index is 11.5. The van der Waals surface area contributed by atoms with Crippen LogP contribution in [0.2, 0.25) is 0 Å². The first-order chi connectivity index (χ1) is 7.68. The van der Waals surface area contributed by atoms with Gasteiger partial charge in [0.05, 0.1) is 0 Å². The van der Waals surface area contributed by atoms with E-state index in [1.165, 1.54) is 0 Å². The number of ether oxygens (including phenoxy) is 2. The zero-order valence-electron chi connectivity index (χ0n) is 8.88. The molecule has 0 amide bonds. The molecule has 0 bridgehead atoms. The van der Waals surface area contributed by atoms with E-state index in [9.17, 15) is 9.59 Å². The van der Waals surface area contributed by atoms with Crippen molar-refractivity contribution in [3.8, 4) is 0 Å². The summed E-state index contributed by atoms with van der Waals surface area (Å²) in [5.41, 5.74) is 0.911. The van der Waals surface area contributed by atoms with Gasteiger partial charge in [-0.15, -0.1) is 0 Å². The lowest BCUT2D eigenvalue weighted by atomic mass is 10.00. The van der Waals surface area contributed by atoms with Crippen LogP contribution >= 0.6 is 0 Å². The Morgan fingerprint density at radius 3 is 2.62 bits per heavy atom. The predicted molar refractivity (Wildman–Crippen MR) is 55.3 cm³/mol. The number of cyclic esters (lactones) is 1. The van der Waals surface area contributed by atoms with Gasteiger partial charge in [0.2, 0.25) is 6.10 Å². The number of hydrogen-bond donors (Lipinski definition) is 0. The van der Waals surface area contributed by atoms with Crippen LogP contribution in [0.1, 0.15) is 12.5 Å². The van der Waals surface area contributed by atoms with E-state index in [-0.39, 0.29) is 18.5 Å². The molecule has 1 aromatic rings. The standard InChI is InChI=1S/C12H12O4/c1-8-10(16-11(8)13)12(14)15-7-9-5-3-2-4-6-9/h2-6,8,10H,7H2,1H3/t8-,10?/m0/s1. The first kappa shape index (κ1) is 10.7. The van der Waals surface area contributed by atoms with Crippen molar-refractivity contribution < 1.29 is 19.1 Å². The van der Waals surface area contributed by atoms with Crippen molar-refractivity contribution in [2.45, 2.75) is 19.6 Å². The minimum Gasteiger partial charge on any atom is -0.458 e. The molecule has 1 unspecified atom stereocenters. The molecule has 84 valence electrons. The van der Waals surface area contributed by atoms with Crippen LogP contribution in [0.5, 0.6) is 0 Å². The highest BCUT2D eigenvalue weighted by atomic mass is 16.6. The van der Waals surface area contributed by atoms with Gasteiger partial charge in [-0.3, -0.25) is 4.79 Å². The van der Waals surface area contributed by atoms with Crippen LogP contribution in [0.15, 0.2) is 30.3 Å². The Kier molecular flexibility index (Phi) is 2.90. The molecule has 4 nitrogen and oxygen atoms in total. The summed E-state index contributed by atoms with van der Waals surface area (Å²) in [6.45, 7) is 1.86. The van der Waals surface area contributed by atoms with Crippen LogP contribution in [0.3, 0.4) is 0 Å². The van der Waals surface area contributed by atoms with Crippen LogP contribution < -0.4 is 0 Å². The third kappa shape index (κ3) is 2.05. The van der Waals surface area contributed by atoms with Crippen molar-refractivity contribution in [3.05, 3.63) is 35.9 Å². The number of esters is 2. The van der Waals surface area contributed by atoms with Crippen molar-refractivity contribution in [2.24, 2.45) is 5.92 Å². The highest BCUT2D eigenvalue weighted by Crippen LogP contribution is 2.22. The largest absolute Gasteiger partial charge is 0.458 e. The first-order valence-corrected chi connectivity index (χ1v) is 5.09. The van der Waals surface area contributed by atoms with Crippen LogP contribution in [0.25, 0.3) is 0 Å². The van der Waals surface area contributed by atoms with Crippen LogP contribution in [-0.2, 0) is 25.7 Å². The summed E-state index contributed by atoms with van der Waals surface area (Å²) < 4.78 is 9.72. The zero-order chi connectivity index (χ0) is 11.5. The molecule has 1 aromatic carbocycles. The second-order valence-electron chi connectivity index (χ2n) is 3.74. The average Bonchev–Trinajstić information content (AvgIpc) is 2.33. The van der Waals surface area contributed by atoms with Crippen molar-refractivity contribution in [1.29, 1.82) is 0 Å². The molecule has 16 heavy (non-hydrogen) atoms. The van der Waals surface area contributed by atoms with Gasteiger partial charge in [0, 0.05) is 0 Å². The topological polar surface area (TPSA) is 52.6 Å². The highest BCUT2D eigenvalue weighted by Gasteiger charge is 2.45. The molecule has 1 fully saturated rings. The van der Waals surface area contributed by atoms with Crippen molar-refractivity contribution in [3.63, 3.8) is 0 Å². The Morgan fingerprint density at radius 1 is 1.38 bits per heavy atom. The van der Waals surface area contributed by atoms with Crippen LogP contribution in [-0.4, -0.2) is 18.0 Å². The smallest absolute Gasteiger partial charge is 0.348 e. The van der Waals surface area contributed by atoms with E-state index in [4.69, 9.17) is 4.74 Å². The summed E-state index contributed by atoms with van der Waals surface area (Å²) in [6.07, 6.45) is -0.726. The van der Waals surface area contributed by atoms with Gasteiger partial charge in [0.25, 0.3) is 0 Å². The van der Waals surface area contributed by atoms with E-state index in [1.807, 2.05) is 30.3 Å². The predicted octanol–water partition coefficient (Wildman–Crippen LogP) is 1.29. The highest BCUT2D eigenvalue weighted by molar-refractivity contribution is 5.91. The van der Waals surface area contributed by atoms with Gasteiger partial charge >= 0.3 is 11.9 Å². The van der Waals surface area contributed by atoms with E-state index >= 15 is 0 Å². The molecule has 0 N–H and O–H groups in total. The molecule has 4 heteroatoms. The molecule has 0 saturated carbocycles. The maximum Gasteiger partial charge on any atom is 0.348 e. The Labute approximate surface area is 93.2 Å². The molecule has 1 heterocycles. The van der Waals surface area contributed by atoms with Gasteiger partial charge in [-0.05, 0) is 12.5 Å². The lowest BCUT2D eigenvalue weighted by molar-refractivity contribution is -0.197. The third-order valence-corrected chi connectivity index (χ3v) is 2.53. The first-order valence-electron chi connectivity index (χ1n) is 5.09. The Morgan fingerprint density at radius 2 is 2.06 bits per heavy atom. The normalized spacial score (nSPS) is 23.2. The summed E-state index contributed by atoms with van der Waals surface area (Å²) in [5.74, 6) is -1.21. The second-order valence-corrected chi connectivity index (χ2v) is 3.74. The molecule has 0 aromatic heterocycles. The second kappa shape index (κ2) is 4.35. The Balaban J connectivity index is 1.83. The zero-order valence-corrected chi connectivity index (χ0v) is 8.88. The quantitative estimate of drug-likeness (QED) is 0.720. The Bertz CT molecular complexity index is 399. The molecule has 1 saturated heterocycles. The van der Waals surface area contributed by atoms with E-state index in [0.717, 1.165) is 5.56 Å². The fraction of sp³-hybridized carbons (Fsp3) is 0.333. The van der Waals surface area contributed by atoms with E-state index in [1.54, 1.807) is 6.92 Å². The molecular formula is C12H12O4. The van der Waals surface area contributed by atoms with Gasteiger partial charge in [-0.2, -0.15) is 0 Å². The molecule has 0 radical (unpaired) electrons. The van der Waals surface area contributed by atoms with Crippen LogP contribution in [0.4, 0.5) is 0 Å². The summed E-state index contributed by atoms with van der Waals surface area (Å²) in [7, 11) is 0. The minimum atomic E-state index is -0.726. The average molecular weight is 220 g/mol. The summed E-state index contributed by atoms with van der Waals surface area (Å²) in [5, 5.41) is 0. The van der Waals surface area contributed by atoms with Crippen molar-refractivity contribution in [2.75, 3.05) is 0 Å². The van der Waals surface area contributed by atoms with Gasteiger partial charge in [-0.1, -0.05) is 30.3 Å². The lowest BCUT2D eigenvalue weighted by Gasteiger charge is -2.30. The fourth-order valence-electron chi connectivity index (χ4n) is 1.45. The van der Waals surface area contributed by atoms with Gasteiger partial charge < -0.3 is 9.47 Å². The lowest BCUT2D eigenvalue weighted by Crippen LogP contribution is -2.49. The molecular weight excluding hydrogens is 208 g/mol. The van der Waals surface area contributed by atoms with Crippen molar-refractivity contribution >= 4 is 11.9 Å².